The molecule has 68 valence electrons. The van der Waals surface area contributed by atoms with Crippen molar-refractivity contribution in [3.63, 3.8) is 0 Å². The Morgan fingerprint density at radius 1 is 1.54 bits per heavy atom. The molecule has 0 radical (unpaired) electrons. The fourth-order valence-electron chi connectivity index (χ4n) is 1.18. The highest BCUT2D eigenvalue weighted by molar-refractivity contribution is 9.08. The average molecular weight is 242 g/mol. The first kappa shape index (κ1) is 8.56. The monoisotopic (exact) mass is 241 g/mol. The summed E-state index contributed by atoms with van der Waals surface area (Å²) < 4.78 is 10.3. The van der Waals surface area contributed by atoms with Crippen molar-refractivity contribution in [2.24, 2.45) is 0 Å². The maximum atomic E-state index is 5.38. The van der Waals surface area contributed by atoms with E-state index in [1.54, 1.807) is 7.11 Å². The molecule has 2 aromatic rings. The Balaban J connectivity index is 2.67. The van der Waals surface area contributed by atoms with Crippen LogP contribution >= 0.6 is 15.9 Å². The summed E-state index contributed by atoms with van der Waals surface area (Å²) in [5.41, 5.74) is 2.69. The van der Waals surface area contributed by atoms with Crippen molar-refractivity contribution in [2.45, 2.75) is 5.33 Å². The quantitative estimate of drug-likeness (QED) is 0.759. The van der Waals surface area contributed by atoms with Crippen molar-refractivity contribution in [1.82, 2.24) is 4.98 Å². The van der Waals surface area contributed by atoms with Crippen LogP contribution in [0.15, 0.2) is 22.6 Å². The van der Waals surface area contributed by atoms with Crippen LogP contribution in [0.25, 0.3) is 11.1 Å². The van der Waals surface area contributed by atoms with E-state index in [1.165, 1.54) is 0 Å². The van der Waals surface area contributed by atoms with E-state index in [0.29, 0.717) is 6.08 Å². The van der Waals surface area contributed by atoms with Gasteiger partial charge in [-0.25, -0.2) is 0 Å². The summed E-state index contributed by atoms with van der Waals surface area (Å²) in [6.07, 6.45) is 0.309. The van der Waals surface area contributed by atoms with Crippen LogP contribution in [-0.4, -0.2) is 12.1 Å². The molecule has 0 bridgehead atoms. The second-order valence-corrected chi connectivity index (χ2v) is 3.14. The Morgan fingerprint density at radius 2 is 2.38 bits per heavy atom. The number of aromatic nitrogens is 1. The van der Waals surface area contributed by atoms with Gasteiger partial charge in [0.25, 0.3) is 0 Å². The van der Waals surface area contributed by atoms with Gasteiger partial charge in [0.1, 0.15) is 5.52 Å². The highest BCUT2D eigenvalue weighted by Gasteiger charge is 2.08. The zero-order valence-electron chi connectivity index (χ0n) is 7.08. The Labute approximate surface area is 83.8 Å². The number of oxazole rings is 1. The van der Waals surface area contributed by atoms with Gasteiger partial charge in [0.05, 0.1) is 7.11 Å². The number of alkyl halides is 1. The maximum Gasteiger partial charge on any atom is 0.394 e. The fraction of sp³-hybridized carbons (Fsp3) is 0.222. The van der Waals surface area contributed by atoms with Crippen LogP contribution in [-0.2, 0) is 5.33 Å². The van der Waals surface area contributed by atoms with E-state index in [0.717, 1.165) is 22.0 Å². The molecule has 0 unspecified atom stereocenters. The molecule has 0 aliphatic rings. The topological polar surface area (TPSA) is 35.3 Å². The smallest absolute Gasteiger partial charge is 0.394 e. The SMILES string of the molecule is COc1nc2cccc(CBr)c2o1. The van der Waals surface area contributed by atoms with Crippen molar-refractivity contribution < 1.29 is 9.15 Å². The first-order chi connectivity index (χ1) is 6.35. The number of fused-ring (bicyclic) bond motifs is 1. The number of rotatable bonds is 2. The molecule has 1 heterocycles. The third-order valence-corrected chi connectivity index (χ3v) is 2.40. The summed E-state index contributed by atoms with van der Waals surface area (Å²) in [6.45, 7) is 0. The standard InChI is InChI=1S/C9H8BrNO2/c1-12-9-11-7-4-2-3-6(5-10)8(7)13-9/h2-4H,5H2,1H3. The maximum absolute atomic E-state index is 5.38. The second kappa shape index (κ2) is 3.38. The zero-order valence-corrected chi connectivity index (χ0v) is 8.67. The lowest BCUT2D eigenvalue weighted by Crippen LogP contribution is -1.79. The molecule has 0 atom stereocenters. The number of ether oxygens (including phenoxy) is 1. The zero-order chi connectivity index (χ0) is 9.26. The first-order valence-electron chi connectivity index (χ1n) is 3.83. The molecule has 3 nitrogen and oxygen atoms in total. The predicted octanol–water partition coefficient (Wildman–Crippen LogP) is 2.73. The fourth-order valence-corrected chi connectivity index (χ4v) is 1.62. The molecule has 0 amide bonds. The van der Waals surface area contributed by atoms with Crippen molar-refractivity contribution in [3.8, 4) is 6.08 Å². The van der Waals surface area contributed by atoms with E-state index in [2.05, 4.69) is 20.9 Å². The highest BCUT2D eigenvalue weighted by Crippen LogP contribution is 2.24. The van der Waals surface area contributed by atoms with Gasteiger partial charge < -0.3 is 9.15 Å². The molecule has 1 aromatic carbocycles. The molecule has 2 rings (SSSR count). The van der Waals surface area contributed by atoms with Crippen molar-refractivity contribution in [1.29, 1.82) is 0 Å². The van der Waals surface area contributed by atoms with Gasteiger partial charge in [-0.2, -0.15) is 4.98 Å². The van der Waals surface area contributed by atoms with Gasteiger partial charge in [-0.05, 0) is 6.07 Å². The number of hydrogen-bond donors (Lipinski definition) is 0. The average Bonchev–Trinajstić information content (AvgIpc) is 2.59. The van der Waals surface area contributed by atoms with Crippen LogP contribution in [0.4, 0.5) is 0 Å². The molecule has 0 saturated carbocycles. The van der Waals surface area contributed by atoms with E-state index in [4.69, 9.17) is 9.15 Å². The number of para-hydroxylation sites is 1. The van der Waals surface area contributed by atoms with Gasteiger partial charge in [-0.1, -0.05) is 28.1 Å². The molecule has 1 aromatic heterocycles. The minimum Gasteiger partial charge on any atom is -0.453 e. The van der Waals surface area contributed by atoms with Gasteiger partial charge in [-0.15, -0.1) is 0 Å². The van der Waals surface area contributed by atoms with Gasteiger partial charge >= 0.3 is 6.08 Å². The molecule has 4 heteroatoms. The third kappa shape index (κ3) is 1.42. The summed E-state index contributed by atoms with van der Waals surface area (Å²) in [5, 5.41) is 0.753. The van der Waals surface area contributed by atoms with Crippen LogP contribution in [0.5, 0.6) is 6.08 Å². The lowest BCUT2D eigenvalue weighted by molar-refractivity contribution is 0.299. The summed E-state index contributed by atoms with van der Waals surface area (Å²) >= 11 is 3.38. The Bertz CT molecular complexity index is 424. The molecule has 0 fully saturated rings. The Morgan fingerprint density at radius 3 is 3.08 bits per heavy atom. The van der Waals surface area contributed by atoms with Crippen LogP contribution < -0.4 is 4.74 Å². The molecular weight excluding hydrogens is 234 g/mol. The van der Waals surface area contributed by atoms with Crippen LogP contribution in [0, 0.1) is 0 Å². The van der Waals surface area contributed by atoms with Crippen LogP contribution in [0.2, 0.25) is 0 Å². The summed E-state index contributed by atoms with van der Waals surface area (Å²) in [7, 11) is 1.54. The normalized spacial score (nSPS) is 10.6. The van der Waals surface area contributed by atoms with E-state index >= 15 is 0 Å². The molecule has 0 saturated heterocycles. The number of hydrogen-bond acceptors (Lipinski definition) is 3. The highest BCUT2D eigenvalue weighted by atomic mass is 79.9. The number of benzene rings is 1. The van der Waals surface area contributed by atoms with Gasteiger partial charge in [0, 0.05) is 10.9 Å². The summed E-state index contributed by atoms with van der Waals surface area (Å²) in [6, 6.07) is 5.83. The number of methoxy groups -OCH3 is 1. The van der Waals surface area contributed by atoms with Gasteiger partial charge in [0.15, 0.2) is 5.58 Å². The summed E-state index contributed by atoms with van der Waals surface area (Å²) in [4.78, 5) is 4.13. The molecule has 13 heavy (non-hydrogen) atoms. The largest absolute Gasteiger partial charge is 0.453 e. The third-order valence-electron chi connectivity index (χ3n) is 1.80. The summed E-state index contributed by atoms with van der Waals surface area (Å²) in [5.74, 6) is 0. The van der Waals surface area contributed by atoms with E-state index in [-0.39, 0.29) is 0 Å². The second-order valence-electron chi connectivity index (χ2n) is 2.58. The van der Waals surface area contributed by atoms with Crippen molar-refractivity contribution in [2.75, 3.05) is 7.11 Å². The molecule has 0 aliphatic carbocycles. The van der Waals surface area contributed by atoms with Crippen molar-refractivity contribution in [3.05, 3.63) is 23.8 Å². The van der Waals surface area contributed by atoms with Gasteiger partial charge in [0.2, 0.25) is 0 Å². The lowest BCUT2D eigenvalue weighted by atomic mass is 10.2. The molecule has 0 spiro atoms. The van der Waals surface area contributed by atoms with E-state index < -0.39 is 0 Å². The van der Waals surface area contributed by atoms with Gasteiger partial charge in [-0.3, -0.25) is 0 Å². The predicted molar refractivity (Wildman–Crippen MR) is 53.2 cm³/mol. The number of nitrogens with zero attached hydrogens (tertiary/aromatic N) is 1. The minimum absolute atomic E-state index is 0.309. The molecular formula is C9H8BrNO2. The molecule has 0 N–H and O–H groups in total. The lowest BCUT2D eigenvalue weighted by Gasteiger charge is -1.93. The first-order valence-corrected chi connectivity index (χ1v) is 4.95. The van der Waals surface area contributed by atoms with Crippen LogP contribution in [0.1, 0.15) is 5.56 Å². The van der Waals surface area contributed by atoms with Crippen LogP contribution in [0.3, 0.4) is 0 Å². The Hall–Kier alpha value is -1.03. The minimum atomic E-state index is 0.309. The van der Waals surface area contributed by atoms with Crippen molar-refractivity contribution >= 4 is 27.0 Å². The van der Waals surface area contributed by atoms with E-state index in [9.17, 15) is 0 Å². The van der Waals surface area contributed by atoms with E-state index in [1.807, 2.05) is 18.2 Å². The Kier molecular flexibility index (Phi) is 2.22. The number of halogens is 1. The molecule has 0 aliphatic heterocycles.